The van der Waals surface area contributed by atoms with Gasteiger partial charge in [-0.3, -0.25) is 9.59 Å². The van der Waals surface area contributed by atoms with Gasteiger partial charge in [-0.1, -0.05) is 45.0 Å². The standard InChI is InChI=1S/C14H19N3O2/c1-9(16-17-13(19)12(15)18)10-5-7-11(8-6-10)14(2,3)4/h5-8H,1-4H3,(H2,15,18)(H,17,19)/b16-9+. The van der Waals surface area contributed by atoms with Gasteiger partial charge in [0, 0.05) is 0 Å². The number of hydrogen-bond acceptors (Lipinski definition) is 3. The van der Waals surface area contributed by atoms with E-state index in [2.05, 4.69) is 31.3 Å². The number of nitrogens with zero attached hydrogens (tertiary/aromatic N) is 1. The molecule has 5 nitrogen and oxygen atoms in total. The highest BCUT2D eigenvalue weighted by atomic mass is 16.2. The number of nitrogens with two attached hydrogens (primary N) is 1. The van der Waals surface area contributed by atoms with Crippen molar-refractivity contribution in [2.75, 3.05) is 0 Å². The summed E-state index contributed by atoms with van der Waals surface area (Å²) in [6.07, 6.45) is 0. The van der Waals surface area contributed by atoms with Gasteiger partial charge in [0.15, 0.2) is 0 Å². The Labute approximate surface area is 112 Å². The van der Waals surface area contributed by atoms with Crippen LogP contribution >= 0.6 is 0 Å². The van der Waals surface area contributed by atoms with Crippen LogP contribution in [0.5, 0.6) is 0 Å². The minimum atomic E-state index is -1.06. The van der Waals surface area contributed by atoms with Gasteiger partial charge in [-0.15, -0.1) is 0 Å². The van der Waals surface area contributed by atoms with E-state index >= 15 is 0 Å². The molecular formula is C14H19N3O2. The Bertz CT molecular complexity index is 510. The van der Waals surface area contributed by atoms with Crippen molar-refractivity contribution in [3.63, 3.8) is 0 Å². The number of nitrogens with one attached hydrogen (secondary N) is 1. The molecule has 0 radical (unpaired) electrons. The minimum absolute atomic E-state index is 0.0871. The Morgan fingerprint density at radius 2 is 1.68 bits per heavy atom. The van der Waals surface area contributed by atoms with Crippen molar-refractivity contribution in [1.82, 2.24) is 5.43 Å². The van der Waals surface area contributed by atoms with E-state index < -0.39 is 11.8 Å². The number of rotatable bonds is 2. The molecule has 1 rings (SSSR count). The lowest BCUT2D eigenvalue weighted by molar-refractivity contribution is -0.137. The zero-order valence-electron chi connectivity index (χ0n) is 11.7. The van der Waals surface area contributed by atoms with E-state index in [-0.39, 0.29) is 5.41 Å². The van der Waals surface area contributed by atoms with Gasteiger partial charge < -0.3 is 5.73 Å². The van der Waals surface area contributed by atoms with Crippen LogP contribution in [0.3, 0.4) is 0 Å². The fraction of sp³-hybridized carbons (Fsp3) is 0.357. The van der Waals surface area contributed by atoms with E-state index in [9.17, 15) is 9.59 Å². The lowest BCUT2D eigenvalue weighted by Gasteiger charge is -2.19. The summed E-state index contributed by atoms with van der Waals surface area (Å²) in [5.74, 6) is -1.98. The van der Waals surface area contributed by atoms with E-state index in [1.165, 1.54) is 5.56 Å². The van der Waals surface area contributed by atoms with E-state index in [1.807, 2.05) is 24.3 Å². The number of amides is 2. The highest BCUT2D eigenvalue weighted by Gasteiger charge is 2.13. The van der Waals surface area contributed by atoms with Crippen molar-refractivity contribution in [3.05, 3.63) is 35.4 Å². The molecule has 0 atom stereocenters. The SMILES string of the molecule is C/C(=N\NC(=O)C(N)=O)c1ccc(C(C)(C)C)cc1. The highest BCUT2D eigenvalue weighted by Crippen LogP contribution is 2.22. The van der Waals surface area contributed by atoms with Crippen LogP contribution in [-0.2, 0) is 15.0 Å². The summed E-state index contributed by atoms with van der Waals surface area (Å²) in [6, 6.07) is 7.89. The molecule has 0 aromatic heterocycles. The number of carbonyl (C=O) groups is 2. The van der Waals surface area contributed by atoms with Crippen molar-refractivity contribution in [2.24, 2.45) is 10.8 Å². The Morgan fingerprint density at radius 3 is 2.11 bits per heavy atom. The number of hydrogen-bond donors (Lipinski definition) is 2. The maximum Gasteiger partial charge on any atom is 0.329 e. The predicted molar refractivity (Wildman–Crippen MR) is 74.7 cm³/mol. The lowest BCUT2D eigenvalue weighted by atomic mass is 9.86. The number of benzene rings is 1. The van der Waals surface area contributed by atoms with E-state index in [4.69, 9.17) is 5.73 Å². The normalized spacial score (nSPS) is 12.1. The van der Waals surface area contributed by atoms with Crippen molar-refractivity contribution in [2.45, 2.75) is 33.1 Å². The van der Waals surface area contributed by atoms with Gasteiger partial charge in [0.1, 0.15) is 0 Å². The zero-order valence-corrected chi connectivity index (χ0v) is 11.7. The first-order chi connectivity index (χ1) is 8.71. The van der Waals surface area contributed by atoms with Crippen LogP contribution in [0, 0.1) is 0 Å². The fourth-order valence-corrected chi connectivity index (χ4v) is 1.47. The largest absolute Gasteiger partial charge is 0.361 e. The molecule has 102 valence electrons. The van der Waals surface area contributed by atoms with Gasteiger partial charge in [-0.25, -0.2) is 5.43 Å². The Morgan fingerprint density at radius 1 is 1.16 bits per heavy atom. The van der Waals surface area contributed by atoms with Crippen LogP contribution in [0.4, 0.5) is 0 Å². The first-order valence-corrected chi connectivity index (χ1v) is 5.97. The van der Waals surface area contributed by atoms with Gasteiger partial charge in [-0.2, -0.15) is 5.10 Å². The van der Waals surface area contributed by atoms with Gasteiger partial charge in [0.25, 0.3) is 0 Å². The van der Waals surface area contributed by atoms with Gasteiger partial charge in [0.05, 0.1) is 5.71 Å². The summed E-state index contributed by atoms with van der Waals surface area (Å²) < 4.78 is 0. The molecule has 0 unspecified atom stereocenters. The average Bonchev–Trinajstić information content (AvgIpc) is 2.34. The minimum Gasteiger partial charge on any atom is -0.361 e. The summed E-state index contributed by atoms with van der Waals surface area (Å²) in [7, 11) is 0. The van der Waals surface area contributed by atoms with Crippen molar-refractivity contribution in [3.8, 4) is 0 Å². The molecule has 0 bridgehead atoms. The monoisotopic (exact) mass is 261 g/mol. The second-order valence-electron chi connectivity index (χ2n) is 5.33. The van der Waals surface area contributed by atoms with Crippen LogP contribution in [0.2, 0.25) is 0 Å². The van der Waals surface area contributed by atoms with Crippen LogP contribution in [-0.4, -0.2) is 17.5 Å². The maximum atomic E-state index is 11.0. The number of carbonyl (C=O) groups excluding carboxylic acids is 2. The fourth-order valence-electron chi connectivity index (χ4n) is 1.47. The second kappa shape index (κ2) is 5.65. The predicted octanol–water partition coefficient (Wildman–Crippen LogP) is 1.31. The van der Waals surface area contributed by atoms with Crippen LogP contribution in [0.25, 0.3) is 0 Å². The van der Waals surface area contributed by atoms with Crippen molar-refractivity contribution >= 4 is 17.5 Å². The summed E-state index contributed by atoms with van der Waals surface area (Å²) >= 11 is 0. The maximum absolute atomic E-state index is 11.0. The topological polar surface area (TPSA) is 84.6 Å². The Hall–Kier alpha value is -2.17. The Kier molecular flexibility index (Phi) is 4.43. The molecule has 0 saturated carbocycles. The quantitative estimate of drug-likeness (QED) is 0.478. The average molecular weight is 261 g/mol. The molecule has 19 heavy (non-hydrogen) atoms. The third-order valence-corrected chi connectivity index (χ3v) is 2.72. The molecule has 0 saturated heterocycles. The molecule has 2 amide bonds. The van der Waals surface area contributed by atoms with Gasteiger partial charge in [-0.05, 0) is 23.5 Å². The molecule has 0 spiro atoms. The van der Waals surface area contributed by atoms with Gasteiger partial charge >= 0.3 is 11.8 Å². The molecule has 0 aliphatic heterocycles. The molecule has 0 aliphatic carbocycles. The summed E-state index contributed by atoms with van der Waals surface area (Å²) in [6.45, 7) is 8.15. The summed E-state index contributed by atoms with van der Waals surface area (Å²) in [5.41, 5.74) is 9.69. The molecule has 1 aromatic carbocycles. The molecule has 0 aliphatic rings. The molecule has 0 heterocycles. The van der Waals surface area contributed by atoms with E-state index in [0.717, 1.165) is 5.56 Å². The number of primary amides is 1. The van der Waals surface area contributed by atoms with E-state index in [0.29, 0.717) is 5.71 Å². The smallest absolute Gasteiger partial charge is 0.329 e. The van der Waals surface area contributed by atoms with Crippen molar-refractivity contribution in [1.29, 1.82) is 0 Å². The molecule has 3 N–H and O–H groups in total. The molecule has 5 heteroatoms. The lowest BCUT2D eigenvalue weighted by Crippen LogP contribution is -2.33. The highest BCUT2D eigenvalue weighted by molar-refractivity contribution is 6.34. The van der Waals surface area contributed by atoms with Crippen molar-refractivity contribution < 1.29 is 9.59 Å². The third kappa shape index (κ3) is 4.21. The van der Waals surface area contributed by atoms with Crippen LogP contribution in [0.15, 0.2) is 29.4 Å². The van der Waals surface area contributed by atoms with E-state index in [1.54, 1.807) is 6.92 Å². The van der Waals surface area contributed by atoms with Crippen LogP contribution < -0.4 is 11.2 Å². The molecular weight excluding hydrogens is 242 g/mol. The van der Waals surface area contributed by atoms with Crippen LogP contribution in [0.1, 0.15) is 38.8 Å². The zero-order chi connectivity index (χ0) is 14.6. The Balaban J connectivity index is 2.84. The second-order valence-corrected chi connectivity index (χ2v) is 5.33. The third-order valence-electron chi connectivity index (χ3n) is 2.72. The summed E-state index contributed by atoms with van der Waals surface area (Å²) in [4.78, 5) is 21.5. The summed E-state index contributed by atoms with van der Waals surface area (Å²) in [5, 5.41) is 3.82. The first-order valence-electron chi connectivity index (χ1n) is 5.97. The molecule has 0 fully saturated rings. The number of hydrazone groups is 1. The molecule has 1 aromatic rings. The van der Waals surface area contributed by atoms with Gasteiger partial charge in [0.2, 0.25) is 0 Å². The first kappa shape index (κ1) is 14.9.